The highest BCUT2D eigenvalue weighted by atomic mass is 79.9. The quantitative estimate of drug-likeness (QED) is 0.907. The molecule has 18 heavy (non-hydrogen) atoms. The highest BCUT2D eigenvalue weighted by molar-refractivity contribution is 9.10. The van der Waals surface area contributed by atoms with Gasteiger partial charge in [-0.3, -0.25) is 4.68 Å². The summed E-state index contributed by atoms with van der Waals surface area (Å²) in [4.78, 5) is 0. The van der Waals surface area contributed by atoms with Gasteiger partial charge >= 0.3 is 0 Å². The second-order valence-corrected chi connectivity index (χ2v) is 5.73. The predicted octanol–water partition coefficient (Wildman–Crippen LogP) is 2.42. The highest BCUT2D eigenvalue weighted by Crippen LogP contribution is 2.24. The third-order valence-corrected chi connectivity index (χ3v) is 4.63. The summed E-state index contributed by atoms with van der Waals surface area (Å²) in [7, 11) is 0. The summed E-state index contributed by atoms with van der Waals surface area (Å²) in [6.45, 7) is 9.08. The molecule has 1 aliphatic rings. The Kier molecular flexibility index (Phi) is 4.81. The molecule has 0 aromatic carbocycles. The largest absolute Gasteiger partial charge is 0.372 e. The van der Waals surface area contributed by atoms with Crippen LogP contribution >= 0.6 is 15.9 Å². The summed E-state index contributed by atoms with van der Waals surface area (Å²) in [6, 6.07) is 0. The SMILES string of the molecule is CCNCC1CCC(Cn2nc(C)c(Br)c2C)O1. The number of nitrogens with zero attached hydrogens (tertiary/aromatic N) is 2. The summed E-state index contributed by atoms with van der Waals surface area (Å²) in [5.41, 5.74) is 2.24. The van der Waals surface area contributed by atoms with Crippen LogP contribution in [0.3, 0.4) is 0 Å². The van der Waals surface area contributed by atoms with Gasteiger partial charge in [0, 0.05) is 12.2 Å². The molecule has 1 aromatic rings. The van der Waals surface area contributed by atoms with Crippen LogP contribution in [0, 0.1) is 13.8 Å². The van der Waals surface area contributed by atoms with Crippen LogP contribution in [0.1, 0.15) is 31.2 Å². The minimum Gasteiger partial charge on any atom is -0.372 e. The lowest BCUT2D eigenvalue weighted by atomic mass is 10.2. The Morgan fingerprint density at radius 3 is 2.72 bits per heavy atom. The Morgan fingerprint density at radius 1 is 1.39 bits per heavy atom. The van der Waals surface area contributed by atoms with Gasteiger partial charge in [0.2, 0.25) is 0 Å². The van der Waals surface area contributed by atoms with E-state index in [4.69, 9.17) is 4.74 Å². The second kappa shape index (κ2) is 6.17. The van der Waals surface area contributed by atoms with E-state index in [0.29, 0.717) is 12.2 Å². The van der Waals surface area contributed by atoms with E-state index in [1.165, 1.54) is 5.69 Å². The van der Waals surface area contributed by atoms with Crippen molar-refractivity contribution < 1.29 is 4.74 Å². The van der Waals surface area contributed by atoms with Gasteiger partial charge in [-0.05, 0) is 49.2 Å². The third kappa shape index (κ3) is 3.13. The standard InChI is InChI=1S/C13H22BrN3O/c1-4-15-7-11-5-6-12(18-11)8-17-10(3)13(14)9(2)16-17/h11-12,15H,4-8H2,1-3H3. The van der Waals surface area contributed by atoms with E-state index in [1.807, 2.05) is 6.92 Å². The lowest BCUT2D eigenvalue weighted by Crippen LogP contribution is -2.28. The summed E-state index contributed by atoms with van der Waals surface area (Å²) < 4.78 is 9.20. The molecule has 0 spiro atoms. The maximum Gasteiger partial charge on any atom is 0.0776 e. The molecular formula is C13H22BrN3O. The van der Waals surface area contributed by atoms with Gasteiger partial charge in [0.1, 0.15) is 0 Å². The van der Waals surface area contributed by atoms with E-state index >= 15 is 0 Å². The fraction of sp³-hybridized carbons (Fsp3) is 0.769. The van der Waals surface area contributed by atoms with Gasteiger partial charge < -0.3 is 10.1 Å². The Morgan fingerprint density at radius 2 is 2.11 bits per heavy atom. The van der Waals surface area contributed by atoms with E-state index in [9.17, 15) is 0 Å². The van der Waals surface area contributed by atoms with Gasteiger partial charge in [-0.2, -0.15) is 5.10 Å². The Balaban J connectivity index is 1.89. The van der Waals surface area contributed by atoms with Crippen LogP contribution < -0.4 is 5.32 Å². The van der Waals surface area contributed by atoms with Crippen molar-refractivity contribution in [2.24, 2.45) is 0 Å². The minimum absolute atomic E-state index is 0.304. The first-order valence-corrected chi connectivity index (χ1v) is 7.46. The molecular weight excluding hydrogens is 294 g/mol. The number of ether oxygens (including phenoxy) is 1. The number of likely N-dealkylation sites (N-methyl/N-ethyl adjacent to an activating group) is 1. The molecule has 2 unspecified atom stereocenters. The number of rotatable bonds is 5. The molecule has 1 saturated heterocycles. The van der Waals surface area contributed by atoms with Crippen molar-refractivity contribution in [2.75, 3.05) is 13.1 Å². The molecule has 0 bridgehead atoms. The molecule has 0 aliphatic carbocycles. The van der Waals surface area contributed by atoms with E-state index in [1.54, 1.807) is 0 Å². The number of hydrogen-bond acceptors (Lipinski definition) is 3. The minimum atomic E-state index is 0.304. The molecule has 102 valence electrons. The van der Waals surface area contributed by atoms with Crippen molar-refractivity contribution in [1.29, 1.82) is 0 Å². The zero-order valence-corrected chi connectivity index (χ0v) is 13.0. The molecule has 2 rings (SSSR count). The van der Waals surface area contributed by atoms with Crippen LogP contribution in [0.15, 0.2) is 4.47 Å². The monoisotopic (exact) mass is 315 g/mol. The van der Waals surface area contributed by atoms with Crippen LogP contribution in [0.5, 0.6) is 0 Å². The summed E-state index contributed by atoms with van der Waals surface area (Å²) >= 11 is 3.56. The second-order valence-electron chi connectivity index (χ2n) is 4.93. The molecule has 0 saturated carbocycles. The van der Waals surface area contributed by atoms with Gasteiger partial charge in [-0.25, -0.2) is 0 Å². The van der Waals surface area contributed by atoms with Crippen molar-refractivity contribution in [1.82, 2.24) is 15.1 Å². The molecule has 0 amide bonds. The topological polar surface area (TPSA) is 39.1 Å². The summed E-state index contributed by atoms with van der Waals surface area (Å²) in [5, 5.41) is 7.88. The smallest absolute Gasteiger partial charge is 0.0776 e. The molecule has 5 heteroatoms. The maximum absolute atomic E-state index is 6.03. The van der Waals surface area contributed by atoms with Crippen LogP contribution in [0.25, 0.3) is 0 Å². The van der Waals surface area contributed by atoms with E-state index < -0.39 is 0 Å². The van der Waals surface area contributed by atoms with E-state index in [2.05, 4.69) is 44.9 Å². The Labute approximate surface area is 117 Å². The van der Waals surface area contributed by atoms with Gasteiger partial charge in [0.15, 0.2) is 0 Å². The normalized spacial score (nSPS) is 23.8. The number of nitrogens with one attached hydrogen (secondary N) is 1. The molecule has 0 radical (unpaired) electrons. The third-order valence-electron chi connectivity index (χ3n) is 3.49. The van der Waals surface area contributed by atoms with E-state index in [0.717, 1.165) is 42.6 Å². The molecule has 1 N–H and O–H groups in total. The number of aryl methyl sites for hydroxylation is 1. The molecule has 1 aromatic heterocycles. The molecule has 2 atom stereocenters. The first-order chi connectivity index (χ1) is 8.61. The van der Waals surface area contributed by atoms with Crippen LogP contribution in [0.2, 0.25) is 0 Å². The zero-order chi connectivity index (χ0) is 13.1. The van der Waals surface area contributed by atoms with E-state index in [-0.39, 0.29) is 0 Å². The fourth-order valence-corrected chi connectivity index (χ4v) is 2.70. The van der Waals surface area contributed by atoms with Gasteiger partial charge in [0.05, 0.1) is 28.9 Å². The molecule has 4 nitrogen and oxygen atoms in total. The predicted molar refractivity (Wildman–Crippen MR) is 75.8 cm³/mol. The summed E-state index contributed by atoms with van der Waals surface area (Å²) in [5.74, 6) is 0. The Bertz CT molecular complexity index is 405. The number of aromatic nitrogens is 2. The van der Waals surface area contributed by atoms with Crippen molar-refractivity contribution in [3.8, 4) is 0 Å². The highest BCUT2D eigenvalue weighted by Gasteiger charge is 2.26. The van der Waals surface area contributed by atoms with Crippen molar-refractivity contribution in [2.45, 2.75) is 52.4 Å². The van der Waals surface area contributed by atoms with Crippen LogP contribution in [-0.4, -0.2) is 35.1 Å². The van der Waals surface area contributed by atoms with Crippen LogP contribution in [0.4, 0.5) is 0 Å². The first-order valence-electron chi connectivity index (χ1n) is 6.67. The zero-order valence-electron chi connectivity index (χ0n) is 11.4. The van der Waals surface area contributed by atoms with Crippen molar-refractivity contribution in [3.05, 3.63) is 15.9 Å². The average Bonchev–Trinajstić information content (AvgIpc) is 2.89. The molecule has 1 fully saturated rings. The van der Waals surface area contributed by atoms with Crippen molar-refractivity contribution >= 4 is 15.9 Å². The molecule has 2 heterocycles. The lowest BCUT2D eigenvalue weighted by Gasteiger charge is -2.14. The average molecular weight is 316 g/mol. The first kappa shape index (κ1) is 14.0. The van der Waals surface area contributed by atoms with Gasteiger partial charge in [-0.1, -0.05) is 6.92 Å². The van der Waals surface area contributed by atoms with Crippen molar-refractivity contribution in [3.63, 3.8) is 0 Å². The maximum atomic E-state index is 6.03. The van der Waals surface area contributed by atoms with Gasteiger partial charge in [0.25, 0.3) is 0 Å². The van der Waals surface area contributed by atoms with Gasteiger partial charge in [-0.15, -0.1) is 0 Å². The lowest BCUT2D eigenvalue weighted by molar-refractivity contribution is 0.0341. The summed E-state index contributed by atoms with van der Waals surface area (Å²) in [6.07, 6.45) is 2.96. The number of halogens is 1. The molecule has 1 aliphatic heterocycles. The Hall–Kier alpha value is -0.390. The fourth-order valence-electron chi connectivity index (χ4n) is 2.42. The number of hydrogen-bond donors (Lipinski definition) is 1. The van der Waals surface area contributed by atoms with Crippen LogP contribution in [-0.2, 0) is 11.3 Å².